The molecule has 0 aromatic carbocycles. The maximum atomic E-state index is 10.9. The van der Waals surface area contributed by atoms with Gasteiger partial charge in [0.05, 0.1) is 25.8 Å². The molecule has 15 heavy (non-hydrogen) atoms. The highest BCUT2D eigenvalue weighted by Crippen LogP contribution is 2.16. The van der Waals surface area contributed by atoms with E-state index in [9.17, 15) is 4.79 Å². The van der Waals surface area contributed by atoms with Crippen LogP contribution < -0.4 is 5.32 Å². The van der Waals surface area contributed by atoms with Crippen LogP contribution in [0.15, 0.2) is 22.8 Å². The second-order valence-corrected chi connectivity index (χ2v) is 3.26. The number of furan rings is 1. The van der Waals surface area contributed by atoms with Gasteiger partial charge in [0.2, 0.25) is 0 Å². The Morgan fingerprint density at radius 3 is 3.00 bits per heavy atom. The molecule has 0 aliphatic heterocycles. The van der Waals surface area contributed by atoms with Crippen LogP contribution in [0.2, 0.25) is 0 Å². The van der Waals surface area contributed by atoms with Crippen LogP contribution >= 0.6 is 0 Å². The van der Waals surface area contributed by atoms with Gasteiger partial charge in [0.25, 0.3) is 0 Å². The Bertz CT molecular complexity index is 282. The van der Waals surface area contributed by atoms with E-state index in [1.54, 1.807) is 6.26 Å². The summed E-state index contributed by atoms with van der Waals surface area (Å²) < 4.78 is 9.85. The molecule has 0 spiro atoms. The van der Waals surface area contributed by atoms with Crippen molar-refractivity contribution < 1.29 is 13.9 Å². The summed E-state index contributed by atoms with van der Waals surface area (Å²) >= 11 is 0. The second-order valence-electron chi connectivity index (χ2n) is 3.26. The van der Waals surface area contributed by atoms with E-state index < -0.39 is 0 Å². The zero-order valence-corrected chi connectivity index (χ0v) is 9.16. The topological polar surface area (TPSA) is 51.5 Å². The summed E-state index contributed by atoms with van der Waals surface area (Å²) in [5.41, 5.74) is 0. The summed E-state index contributed by atoms with van der Waals surface area (Å²) in [4.78, 5) is 10.9. The fourth-order valence-electron chi connectivity index (χ4n) is 1.39. The monoisotopic (exact) mass is 211 g/mol. The van der Waals surface area contributed by atoms with Crippen LogP contribution in [0.1, 0.15) is 31.6 Å². The first-order chi connectivity index (χ1) is 7.27. The summed E-state index contributed by atoms with van der Waals surface area (Å²) in [6.45, 7) is 2.67. The molecule has 84 valence electrons. The van der Waals surface area contributed by atoms with Gasteiger partial charge in [-0.25, -0.2) is 0 Å². The first kappa shape index (κ1) is 11.8. The Kier molecular flexibility index (Phi) is 4.90. The van der Waals surface area contributed by atoms with Crippen molar-refractivity contribution in [2.75, 3.05) is 13.7 Å². The molecule has 1 aromatic rings. The molecule has 0 saturated heterocycles. The van der Waals surface area contributed by atoms with Gasteiger partial charge in [0.15, 0.2) is 0 Å². The molecule has 0 amide bonds. The van der Waals surface area contributed by atoms with Crippen molar-refractivity contribution in [2.45, 2.75) is 25.8 Å². The molecule has 1 rings (SSSR count). The van der Waals surface area contributed by atoms with Crippen molar-refractivity contribution in [3.05, 3.63) is 24.2 Å². The number of rotatable bonds is 6. The van der Waals surface area contributed by atoms with Crippen LogP contribution in [0, 0.1) is 0 Å². The Labute approximate surface area is 89.6 Å². The van der Waals surface area contributed by atoms with E-state index in [2.05, 4.69) is 17.0 Å². The molecule has 4 nitrogen and oxygen atoms in total. The van der Waals surface area contributed by atoms with E-state index in [4.69, 9.17) is 4.42 Å². The highest BCUT2D eigenvalue weighted by atomic mass is 16.5. The molecule has 0 saturated carbocycles. The smallest absolute Gasteiger partial charge is 0.306 e. The minimum atomic E-state index is -0.197. The molecule has 0 bridgehead atoms. The molecular weight excluding hydrogens is 194 g/mol. The third-order valence-corrected chi connectivity index (χ3v) is 2.24. The van der Waals surface area contributed by atoms with Crippen molar-refractivity contribution in [3.63, 3.8) is 0 Å². The van der Waals surface area contributed by atoms with Gasteiger partial charge in [-0.15, -0.1) is 0 Å². The molecule has 0 aliphatic rings. The van der Waals surface area contributed by atoms with Crippen molar-refractivity contribution >= 4 is 5.97 Å². The average molecular weight is 211 g/mol. The van der Waals surface area contributed by atoms with E-state index in [1.165, 1.54) is 7.11 Å². The van der Waals surface area contributed by atoms with Gasteiger partial charge < -0.3 is 14.5 Å². The van der Waals surface area contributed by atoms with E-state index in [1.807, 2.05) is 12.1 Å². The maximum absolute atomic E-state index is 10.9. The third-order valence-electron chi connectivity index (χ3n) is 2.24. The lowest BCUT2D eigenvalue weighted by Crippen LogP contribution is -2.23. The minimum absolute atomic E-state index is 0.171. The summed E-state index contributed by atoms with van der Waals surface area (Å²) in [6.07, 6.45) is 2.96. The predicted molar refractivity (Wildman–Crippen MR) is 56.4 cm³/mol. The predicted octanol–water partition coefficient (Wildman–Crippen LogP) is 1.88. The quantitative estimate of drug-likeness (QED) is 0.730. The standard InChI is InChI=1S/C11H17NO3/c1-3-9(10-5-4-8-15-10)12-7-6-11(13)14-2/h4-5,8-9,12H,3,6-7H2,1-2H3. The summed E-state index contributed by atoms with van der Waals surface area (Å²) in [5.74, 6) is 0.708. The SMILES string of the molecule is CCC(NCCC(=O)OC)c1ccco1. The molecule has 1 unspecified atom stereocenters. The third kappa shape index (κ3) is 3.75. The molecular formula is C11H17NO3. The van der Waals surface area contributed by atoms with Crippen LogP contribution in [0.3, 0.4) is 0 Å². The Morgan fingerprint density at radius 2 is 2.47 bits per heavy atom. The first-order valence-electron chi connectivity index (χ1n) is 5.11. The normalized spacial score (nSPS) is 12.4. The summed E-state index contributed by atoms with van der Waals surface area (Å²) in [6, 6.07) is 3.96. The lowest BCUT2D eigenvalue weighted by Gasteiger charge is -2.13. The van der Waals surface area contributed by atoms with Gasteiger partial charge >= 0.3 is 5.97 Å². The lowest BCUT2D eigenvalue weighted by atomic mass is 10.1. The zero-order valence-electron chi connectivity index (χ0n) is 9.16. The maximum Gasteiger partial charge on any atom is 0.306 e. The summed E-state index contributed by atoms with van der Waals surface area (Å²) in [7, 11) is 1.40. The van der Waals surface area contributed by atoms with Crippen LogP contribution in [0.25, 0.3) is 0 Å². The number of hydrogen-bond acceptors (Lipinski definition) is 4. The molecule has 1 aromatic heterocycles. The number of carbonyl (C=O) groups is 1. The second kappa shape index (κ2) is 6.24. The molecule has 0 fully saturated rings. The highest BCUT2D eigenvalue weighted by molar-refractivity contribution is 5.69. The Morgan fingerprint density at radius 1 is 1.67 bits per heavy atom. The van der Waals surface area contributed by atoms with Gasteiger partial charge in [-0.05, 0) is 18.6 Å². The lowest BCUT2D eigenvalue weighted by molar-refractivity contribution is -0.140. The highest BCUT2D eigenvalue weighted by Gasteiger charge is 2.11. The summed E-state index contributed by atoms with van der Waals surface area (Å²) in [5, 5.41) is 3.24. The Balaban J connectivity index is 2.32. The van der Waals surface area contributed by atoms with Crippen molar-refractivity contribution in [1.29, 1.82) is 0 Å². The van der Waals surface area contributed by atoms with E-state index in [-0.39, 0.29) is 12.0 Å². The van der Waals surface area contributed by atoms with Gasteiger partial charge in [-0.2, -0.15) is 0 Å². The van der Waals surface area contributed by atoms with Crippen molar-refractivity contribution in [1.82, 2.24) is 5.32 Å². The first-order valence-corrected chi connectivity index (χ1v) is 5.11. The molecule has 1 atom stereocenters. The fourth-order valence-corrected chi connectivity index (χ4v) is 1.39. The number of hydrogen-bond donors (Lipinski definition) is 1. The largest absolute Gasteiger partial charge is 0.469 e. The average Bonchev–Trinajstić information content (AvgIpc) is 2.77. The molecule has 0 radical (unpaired) electrons. The van der Waals surface area contributed by atoms with Crippen LogP contribution in [-0.4, -0.2) is 19.6 Å². The van der Waals surface area contributed by atoms with Gasteiger partial charge in [0.1, 0.15) is 5.76 Å². The minimum Gasteiger partial charge on any atom is -0.469 e. The number of carbonyl (C=O) groups excluding carboxylic acids is 1. The van der Waals surface area contributed by atoms with Crippen molar-refractivity contribution in [3.8, 4) is 0 Å². The number of nitrogens with one attached hydrogen (secondary N) is 1. The molecule has 1 heterocycles. The Hall–Kier alpha value is -1.29. The van der Waals surface area contributed by atoms with Crippen molar-refractivity contribution in [2.24, 2.45) is 0 Å². The van der Waals surface area contributed by atoms with Gasteiger partial charge in [0, 0.05) is 6.54 Å². The van der Waals surface area contributed by atoms with Gasteiger partial charge in [-0.1, -0.05) is 6.92 Å². The number of esters is 1. The van der Waals surface area contributed by atoms with Crippen LogP contribution in [-0.2, 0) is 9.53 Å². The number of ether oxygens (including phenoxy) is 1. The fraction of sp³-hybridized carbons (Fsp3) is 0.545. The van der Waals surface area contributed by atoms with E-state index in [0.29, 0.717) is 13.0 Å². The van der Waals surface area contributed by atoms with Gasteiger partial charge in [-0.3, -0.25) is 4.79 Å². The van der Waals surface area contributed by atoms with Crippen LogP contribution in [0.5, 0.6) is 0 Å². The van der Waals surface area contributed by atoms with Crippen LogP contribution in [0.4, 0.5) is 0 Å². The zero-order chi connectivity index (χ0) is 11.1. The molecule has 0 aliphatic carbocycles. The van der Waals surface area contributed by atoms with E-state index >= 15 is 0 Å². The molecule has 1 N–H and O–H groups in total. The molecule has 4 heteroatoms. The van der Waals surface area contributed by atoms with E-state index in [0.717, 1.165) is 12.2 Å². The number of methoxy groups -OCH3 is 1.